The van der Waals surface area contributed by atoms with E-state index < -0.39 is 0 Å². The maximum Gasteiger partial charge on any atom is 0.128 e. The van der Waals surface area contributed by atoms with E-state index in [4.69, 9.17) is 4.74 Å². The molecule has 0 aliphatic rings. The predicted octanol–water partition coefficient (Wildman–Crippen LogP) is 3.82. The second-order valence-electron chi connectivity index (χ2n) is 4.24. The fraction of sp³-hybridized carbons (Fsp3) is 0.133. The molecule has 0 atom stereocenters. The molecule has 0 saturated carbocycles. The summed E-state index contributed by atoms with van der Waals surface area (Å²) in [7, 11) is 3.65. The lowest BCUT2D eigenvalue weighted by Gasteiger charge is -2.10. The van der Waals surface area contributed by atoms with Crippen molar-refractivity contribution in [3.05, 3.63) is 47.3 Å². The summed E-state index contributed by atoms with van der Waals surface area (Å²) in [6.07, 6.45) is 1.91. The third kappa shape index (κ3) is 2.04. The average molecular weight is 270 g/mol. The second kappa shape index (κ2) is 4.90. The van der Waals surface area contributed by atoms with E-state index in [2.05, 4.69) is 28.0 Å². The molecule has 0 N–H and O–H groups in total. The number of nitrogens with zero attached hydrogens (tertiary/aromatic N) is 2. The molecule has 0 fully saturated rings. The Balaban J connectivity index is 2.23. The fourth-order valence-electron chi connectivity index (χ4n) is 2.23. The third-order valence-electron chi connectivity index (χ3n) is 3.13. The van der Waals surface area contributed by atoms with Crippen molar-refractivity contribution in [2.24, 2.45) is 7.05 Å². The molecular weight excluding hydrogens is 256 g/mol. The van der Waals surface area contributed by atoms with E-state index in [1.165, 1.54) is 5.56 Å². The summed E-state index contributed by atoms with van der Waals surface area (Å²) < 4.78 is 7.35. The van der Waals surface area contributed by atoms with Crippen LogP contribution in [0.2, 0.25) is 0 Å². The van der Waals surface area contributed by atoms with Crippen LogP contribution < -0.4 is 4.74 Å². The highest BCUT2D eigenvalue weighted by Crippen LogP contribution is 2.37. The van der Waals surface area contributed by atoms with Gasteiger partial charge in [0.05, 0.1) is 19.0 Å². The van der Waals surface area contributed by atoms with Gasteiger partial charge in [0.25, 0.3) is 0 Å². The Hall–Kier alpha value is -2.07. The van der Waals surface area contributed by atoms with Gasteiger partial charge in [0.1, 0.15) is 5.75 Å². The van der Waals surface area contributed by atoms with Gasteiger partial charge < -0.3 is 4.74 Å². The van der Waals surface area contributed by atoms with Crippen molar-refractivity contribution in [3.63, 3.8) is 0 Å². The molecule has 3 aromatic rings. The minimum Gasteiger partial charge on any atom is -0.496 e. The first-order chi connectivity index (χ1) is 9.31. The van der Waals surface area contributed by atoms with Gasteiger partial charge in [0.2, 0.25) is 0 Å². The molecule has 0 amide bonds. The van der Waals surface area contributed by atoms with Crippen molar-refractivity contribution in [2.45, 2.75) is 0 Å². The topological polar surface area (TPSA) is 27.1 Å². The minimum atomic E-state index is 0.863. The van der Waals surface area contributed by atoms with Gasteiger partial charge in [-0.1, -0.05) is 12.1 Å². The Kier molecular flexibility index (Phi) is 3.09. The lowest BCUT2D eigenvalue weighted by molar-refractivity contribution is 0.416. The molecule has 0 radical (unpaired) electrons. The van der Waals surface area contributed by atoms with E-state index in [9.17, 15) is 0 Å². The Bertz CT molecular complexity index is 686. The smallest absolute Gasteiger partial charge is 0.128 e. The molecule has 0 unspecified atom stereocenters. The van der Waals surface area contributed by atoms with E-state index in [-0.39, 0.29) is 0 Å². The molecule has 4 heteroatoms. The maximum atomic E-state index is 5.46. The zero-order valence-electron chi connectivity index (χ0n) is 10.8. The molecule has 0 aliphatic carbocycles. The van der Waals surface area contributed by atoms with Gasteiger partial charge in [-0.05, 0) is 34.5 Å². The molecule has 2 aromatic heterocycles. The molecule has 1 aromatic carbocycles. The predicted molar refractivity (Wildman–Crippen MR) is 78.5 cm³/mol. The van der Waals surface area contributed by atoms with Gasteiger partial charge in [0, 0.05) is 18.2 Å². The lowest BCUT2D eigenvalue weighted by Crippen LogP contribution is -1.96. The number of hydrogen-bond donors (Lipinski definition) is 0. The highest BCUT2D eigenvalue weighted by Gasteiger charge is 2.16. The monoisotopic (exact) mass is 270 g/mol. The number of benzene rings is 1. The van der Waals surface area contributed by atoms with Crippen molar-refractivity contribution in [2.75, 3.05) is 7.11 Å². The molecule has 96 valence electrons. The van der Waals surface area contributed by atoms with Gasteiger partial charge in [-0.15, -0.1) is 0 Å². The molecule has 0 bridgehead atoms. The van der Waals surface area contributed by atoms with E-state index >= 15 is 0 Å². The molecule has 0 saturated heterocycles. The quantitative estimate of drug-likeness (QED) is 0.723. The summed E-state index contributed by atoms with van der Waals surface area (Å²) in [5.41, 5.74) is 4.47. The normalized spacial score (nSPS) is 10.6. The summed E-state index contributed by atoms with van der Waals surface area (Å²) in [4.78, 5) is 0. The summed E-state index contributed by atoms with van der Waals surface area (Å²) in [6, 6.07) is 10.1. The van der Waals surface area contributed by atoms with Crippen LogP contribution >= 0.6 is 11.3 Å². The molecule has 0 aliphatic heterocycles. The van der Waals surface area contributed by atoms with Crippen molar-refractivity contribution in [1.82, 2.24) is 9.78 Å². The van der Waals surface area contributed by atoms with Crippen molar-refractivity contribution >= 4 is 11.3 Å². The van der Waals surface area contributed by atoms with Gasteiger partial charge in [-0.2, -0.15) is 16.4 Å². The summed E-state index contributed by atoms with van der Waals surface area (Å²) in [5.74, 6) is 0.863. The highest BCUT2D eigenvalue weighted by atomic mass is 32.1. The molecule has 0 spiro atoms. The SMILES string of the molecule is COc1ccccc1-c1c(-c2ccsc2)cnn1C. The zero-order valence-corrected chi connectivity index (χ0v) is 11.6. The van der Waals surface area contributed by atoms with Crippen LogP contribution in [0.4, 0.5) is 0 Å². The Morgan fingerprint density at radius 2 is 2.00 bits per heavy atom. The van der Waals surface area contributed by atoms with E-state index in [1.54, 1.807) is 18.4 Å². The number of aryl methyl sites for hydroxylation is 1. The number of para-hydroxylation sites is 1. The van der Waals surface area contributed by atoms with E-state index in [1.807, 2.05) is 36.1 Å². The second-order valence-corrected chi connectivity index (χ2v) is 5.02. The molecule has 3 nitrogen and oxygen atoms in total. The van der Waals surface area contributed by atoms with Crippen LogP contribution in [-0.2, 0) is 7.05 Å². The Labute approximate surface area is 116 Å². The third-order valence-corrected chi connectivity index (χ3v) is 3.82. The van der Waals surface area contributed by atoms with Crippen LogP contribution in [0, 0.1) is 0 Å². The van der Waals surface area contributed by atoms with Crippen LogP contribution in [-0.4, -0.2) is 16.9 Å². The molecular formula is C15H14N2OS. The zero-order chi connectivity index (χ0) is 13.2. The largest absolute Gasteiger partial charge is 0.496 e. The average Bonchev–Trinajstić information content (AvgIpc) is 3.07. The van der Waals surface area contributed by atoms with Gasteiger partial charge >= 0.3 is 0 Å². The number of rotatable bonds is 3. The number of aromatic nitrogens is 2. The highest BCUT2D eigenvalue weighted by molar-refractivity contribution is 7.08. The first kappa shape index (κ1) is 12.0. The summed E-state index contributed by atoms with van der Waals surface area (Å²) >= 11 is 1.69. The molecule has 3 rings (SSSR count). The number of thiophene rings is 1. The van der Waals surface area contributed by atoms with Gasteiger partial charge in [-0.25, -0.2) is 0 Å². The van der Waals surface area contributed by atoms with E-state index in [0.717, 1.165) is 22.6 Å². The van der Waals surface area contributed by atoms with Crippen LogP contribution in [0.5, 0.6) is 5.75 Å². The fourth-order valence-corrected chi connectivity index (χ4v) is 2.88. The summed E-state index contributed by atoms with van der Waals surface area (Å²) in [6.45, 7) is 0. The van der Waals surface area contributed by atoms with E-state index in [0.29, 0.717) is 0 Å². The van der Waals surface area contributed by atoms with Gasteiger partial charge in [-0.3, -0.25) is 4.68 Å². The lowest BCUT2D eigenvalue weighted by atomic mass is 10.0. The van der Waals surface area contributed by atoms with Crippen molar-refractivity contribution < 1.29 is 4.74 Å². The van der Waals surface area contributed by atoms with Crippen molar-refractivity contribution in [3.8, 4) is 28.1 Å². The Morgan fingerprint density at radius 3 is 2.74 bits per heavy atom. The minimum absolute atomic E-state index is 0.863. The Morgan fingerprint density at radius 1 is 1.16 bits per heavy atom. The summed E-state index contributed by atoms with van der Waals surface area (Å²) in [5, 5.41) is 8.60. The maximum absolute atomic E-state index is 5.46. The number of ether oxygens (including phenoxy) is 1. The number of hydrogen-bond acceptors (Lipinski definition) is 3. The van der Waals surface area contributed by atoms with Gasteiger partial charge in [0.15, 0.2) is 0 Å². The standard InChI is InChI=1S/C15H14N2OS/c1-17-15(12-5-3-4-6-14(12)18-2)13(9-16-17)11-7-8-19-10-11/h3-10H,1-2H3. The van der Waals surface area contributed by atoms with Crippen LogP contribution in [0.15, 0.2) is 47.3 Å². The van der Waals surface area contributed by atoms with Crippen LogP contribution in [0.3, 0.4) is 0 Å². The number of methoxy groups -OCH3 is 1. The first-order valence-corrected chi connectivity index (χ1v) is 6.93. The first-order valence-electron chi connectivity index (χ1n) is 5.99. The molecule has 19 heavy (non-hydrogen) atoms. The van der Waals surface area contributed by atoms with Crippen LogP contribution in [0.25, 0.3) is 22.4 Å². The molecule has 2 heterocycles. The van der Waals surface area contributed by atoms with Crippen LogP contribution in [0.1, 0.15) is 0 Å². The van der Waals surface area contributed by atoms with Crippen molar-refractivity contribution in [1.29, 1.82) is 0 Å².